The minimum absolute atomic E-state index is 0.00277. The van der Waals surface area contributed by atoms with Crippen LogP contribution in [0.4, 0.5) is 24.5 Å². The van der Waals surface area contributed by atoms with Crippen LogP contribution < -0.4 is 16.2 Å². The van der Waals surface area contributed by atoms with Gasteiger partial charge in [0.05, 0.1) is 31.5 Å². The van der Waals surface area contributed by atoms with Crippen molar-refractivity contribution in [2.24, 2.45) is 5.92 Å². The van der Waals surface area contributed by atoms with E-state index in [9.17, 15) is 22.8 Å². The number of unbranched alkanes of at least 4 members (excludes halogenated alkanes) is 1. The lowest BCUT2D eigenvalue weighted by Crippen LogP contribution is -2.25. The van der Waals surface area contributed by atoms with E-state index in [-0.39, 0.29) is 37.9 Å². The smallest absolute Gasteiger partial charge is 0.389 e. The van der Waals surface area contributed by atoms with Crippen molar-refractivity contribution in [1.29, 1.82) is 0 Å². The van der Waals surface area contributed by atoms with Gasteiger partial charge in [-0.3, -0.25) is 0 Å². The molecule has 0 bridgehead atoms. The van der Waals surface area contributed by atoms with E-state index in [2.05, 4.69) is 0 Å². The van der Waals surface area contributed by atoms with Gasteiger partial charge in [-0.25, -0.2) is 9.59 Å². The maximum Gasteiger partial charge on any atom is 0.389 e. The summed E-state index contributed by atoms with van der Waals surface area (Å²) in [5, 5.41) is 0. The van der Waals surface area contributed by atoms with Gasteiger partial charge in [-0.1, -0.05) is 12.1 Å². The van der Waals surface area contributed by atoms with E-state index < -0.39 is 24.5 Å². The third kappa shape index (κ3) is 12.8. The topological polar surface area (TPSA) is 123 Å². The fourth-order valence-corrected chi connectivity index (χ4v) is 4.51. The molecule has 230 valence electrons. The Kier molecular flexibility index (Phi) is 13.0. The zero-order chi connectivity index (χ0) is 30.4. The summed E-state index contributed by atoms with van der Waals surface area (Å²) in [4.78, 5) is 24.0. The van der Waals surface area contributed by atoms with Crippen molar-refractivity contribution in [3.63, 3.8) is 0 Å². The summed E-state index contributed by atoms with van der Waals surface area (Å²) in [6.07, 6.45) is 2.65. The van der Waals surface area contributed by atoms with Crippen LogP contribution in [0.1, 0.15) is 67.3 Å². The molecule has 0 saturated heterocycles. The molecule has 8 nitrogen and oxygen atoms in total. The number of esters is 2. The molecule has 2 aromatic rings. The third-order valence-electron chi connectivity index (χ3n) is 6.76. The molecule has 0 amide bonds. The van der Waals surface area contributed by atoms with E-state index in [1.165, 1.54) is 18.2 Å². The molecule has 0 atom stereocenters. The van der Waals surface area contributed by atoms with Crippen LogP contribution in [0.3, 0.4) is 0 Å². The molecule has 0 radical (unpaired) electrons. The van der Waals surface area contributed by atoms with E-state index in [0.29, 0.717) is 36.7 Å². The van der Waals surface area contributed by atoms with Crippen molar-refractivity contribution in [2.75, 3.05) is 37.9 Å². The minimum atomic E-state index is -4.13. The number of alkyl halides is 3. The highest BCUT2D eigenvalue weighted by atomic mass is 19.4. The summed E-state index contributed by atoms with van der Waals surface area (Å²) in [5.74, 6) is 0.119. The largest absolute Gasteiger partial charge is 0.493 e. The van der Waals surface area contributed by atoms with Crippen LogP contribution in [-0.4, -0.2) is 50.6 Å². The predicted molar refractivity (Wildman–Crippen MR) is 154 cm³/mol. The van der Waals surface area contributed by atoms with Crippen molar-refractivity contribution >= 4 is 29.4 Å². The van der Waals surface area contributed by atoms with Crippen LogP contribution in [0.5, 0.6) is 5.75 Å². The SMILES string of the molecule is Nc1cc(N)cc(C(=O)OCCCCOC(=O)/C=C/c2ccc(OCC3CCC(OCCCC(F)(F)F)CC3)cc2)c1. The molecule has 1 aliphatic carbocycles. The van der Waals surface area contributed by atoms with Crippen LogP contribution in [0.2, 0.25) is 0 Å². The lowest BCUT2D eigenvalue weighted by atomic mass is 9.88. The highest BCUT2D eigenvalue weighted by molar-refractivity contribution is 5.91. The Morgan fingerprint density at radius 1 is 0.857 bits per heavy atom. The number of benzene rings is 2. The first-order chi connectivity index (χ1) is 20.1. The van der Waals surface area contributed by atoms with Gasteiger partial charge in [0.2, 0.25) is 0 Å². The van der Waals surface area contributed by atoms with Gasteiger partial charge in [-0.2, -0.15) is 13.2 Å². The molecule has 11 heteroatoms. The van der Waals surface area contributed by atoms with Gasteiger partial charge >= 0.3 is 18.1 Å². The minimum Gasteiger partial charge on any atom is -0.493 e. The molecule has 0 aromatic heterocycles. The third-order valence-corrected chi connectivity index (χ3v) is 6.76. The predicted octanol–water partition coefficient (Wildman–Crippen LogP) is 6.34. The fourth-order valence-electron chi connectivity index (χ4n) is 4.51. The standard InChI is InChI=1S/C31H39F3N2O6/c32-31(33,34)14-3-17-39-27-11-6-23(7-12-27)21-42-28-9-4-22(5-10-28)8-13-29(37)40-15-1-2-16-41-30(38)24-18-25(35)20-26(36)19-24/h4-5,8-10,13,18-20,23,27H,1-3,6-7,11-12,14-17,21,35-36H2/b13-8+. The van der Waals surface area contributed by atoms with Crippen LogP contribution in [-0.2, 0) is 19.0 Å². The molecule has 0 heterocycles. The Morgan fingerprint density at radius 2 is 1.50 bits per heavy atom. The number of anilines is 2. The Labute approximate surface area is 244 Å². The maximum atomic E-state index is 12.2. The summed E-state index contributed by atoms with van der Waals surface area (Å²) in [6.45, 7) is 1.09. The Morgan fingerprint density at radius 3 is 2.14 bits per heavy atom. The van der Waals surface area contributed by atoms with E-state index in [4.69, 9.17) is 30.4 Å². The lowest BCUT2D eigenvalue weighted by Gasteiger charge is -2.28. The number of nitrogen functional groups attached to an aromatic ring is 2. The van der Waals surface area contributed by atoms with Crippen LogP contribution in [0.15, 0.2) is 48.5 Å². The van der Waals surface area contributed by atoms with Gasteiger partial charge in [-0.15, -0.1) is 0 Å². The van der Waals surface area contributed by atoms with Crippen LogP contribution in [0.25, 0.3) is 6.08 Å². The van der Waals surface area contributed by atoms with Crippen molar-refractivity contribution in [3.8, 4) is 5.75 Å². The first-order valence-electron chi connectivity index (χ1n) is 14.2. The highest BCUT2D eigenvalue weighted by Crippen LogP contribution is 2.28. The molecule has 1 aliphatic rings. The van der Waals surface area contributed by atoms with Crippen LogP contribution >= 0.6 is 0 Å². The number of halogens is 3. The Hall–Kier alpha value is -3.73. The van der Waals surface area contributed by atoms with Gasteiger partial charge in [0.25, 0.3) is 0 Å². The number of hydrogen-bond donors (Lipinski definition) is 2. The summed E-state index contributed by atoms with van der Waals surface area (Å²) < 4.78 is 58.6. The van der Waals surface area contributed by atoms with Crippen LogP contribution in [0, 0.1) is 5.92 Å². The molecule has 42 heavy (non-hydrogen) atoms. The number of hydrogen-bond acceptors (Lipinski definition) is 8. The maximum absolute atomic E-state index is 12.2. The number of carbonyl (C=O) groups excluding carboxylic acids is 2. The normalized spacial score (nSPS) is 17.2. The first-order valence-corrected chi connectivity index (χ1v) is 14.2. The summed E-state index contributed by atoms with van der Waals surface area (Å²) in [6, 6.07) is 11.9. The highest BCUT2D eigenvalue weighted by Gasteiger charge is 2.27. The number of ether oxygens (including phenoxy) is 4. The van der Waals surface area contributed by atoms with Gasteiger partial charge < -0.3 is 30.4 Å². The molecule has 2 aromatic carbocycles. The molecule has 0 spiro atoms. The number of rotatable bonds is 15. The monoisotopic (exact) mass is 592 g/mol. The Bertz CT molecular complexity index is 1140. The average Bonchev–Trinajstić information content (AvgIpc) is 2.95. The quantitative estimate of drug-likeness (QED) is 0.106. The van der Waals surface area contributed by atoms with Crippen molar-refractivity contribution in [2.45, 2.75) is 63.6 Å². The molecule has 3 rings (SSSR count). The fraction of sp³-hybridized carbons (Fsp3) is 0.484. The first kappa shape index (κ1) is 32.8. The summed E-state index contributed by atoms with van der Waals surface area (Å²) >= 11 is 0. The molecule has 1 saturated carbocycles. The molecule has 0 unspecified atom stereocenters. The van der Waals surface area contributed by atoms with E-state index in [1.807, 2.05) is 24.3 Å². The molecular weight excluding hydrogens is 553 g/mol. The lowest BCUT2D eigenvalue weighted by molar-refractivity contribution is -0.139. The molecule has 4 N–H and O–H groups in total. The van der Waals surface area contributed by atoms with E-state index >= 15 is 0 Å². The van der Waals surface area contributed by atoms with Gasteiger partial charge in [0.15, 0.2) is 0 Å². The van der Waals surface area contributed by atoms with Crippen molar-refractivity contribution in [3.05, 3.63) is 59.7 Å². The molecule has 1 fully saturated rings. The second kappa shape index (κ2) is 16.6. The second-order valence-electron chi connectivity index (χ2n) is 10.3. The average molecular weight is 593 g/mol. The van der Waals surface area contributed by atoms with Crippen molar-refractivity contribution < 1.29 is 41.7 Å². The van der Waals surface area contributed by atoms with E-state index in [0.717, 1.165) is 37.0 Å². The molecular formula is C31H39F3N2O6. The zero-order valence-corrected chi connectivity index (χ0v) is 23.6. The summed E-state index contributed by atoms with van der Waals surface area (Å²) in [5.41, 5.74) is 13.2. The van der Waals surface area contributed by atoms with Gasteiger partial charge in [0.1, 0.15) is 5.75 Å². The summed E-state index contributed by atoms with van der Waals surface area (Å²) in [7, 11) is 0. The Balaban J connectivity index is 1.24. The van der Waals surface area contributed by atoms with Gasteiger partial charge in [-0.05, 0) is 92.8 Å². The number of nitrogens with two attached hydrogens (primary N) is 2. The van der Waals surface area contributed by atoms with Gasteiger partial charge in [0, 0.05) is 30.5 Å². The number of carbonyl (C=O) groups is 2. The zero-order valence-electron chi connectivity index (χ0n) is 23.6. The van der Waals surface area contributed by atoms with E-state index in [1.54, 1.807) is 12.1 Å². The van der Waals surface area contributed by atoms with Crippen molar-refractivity contribution in [1.82, 2.24) is 0 Å². The second-order valence-corrected chi connectivity index (χ2v) is 10.3. The molecule has 0 aliphatic heterocycles.